The molecule has 0 radical (unpaired) electrons. The summed E-state index contributed by atoms with van der Waals surface area (Å²) in [4.78, 5) is 14.3. The summed E-state index contributed by atoms with van der Waals surface area (Å²) >= 11 is 0. The van der Waals surface area contributed by atoms with E-state index in [1.807, 2.05) is 12.1 Å². The number of hydrogen-bond acceptors (Lipinski definition) is 4. The minimum absolute atomic E-state index is 0.182. The quantitative estimate of drug-likeness (QED) is 0.846. The van der Waals surface area contributed by atoms with Gasteiger partial charge in [-0.05, 0) is 81.2 Å². The summed E-state index contributed by atoms with van der Waals surface area (Å²) in [6.45, 7) is 1.90. The number of amides is 1. The number of nitrogens with zero attached hydrogens (tertiary/aromatic N) is 2. The maximum Gasteiger partial charge on any atom is 0.243 e. The molecule has 4 rings (SSSR count). The highest BCUT2D eigenvalue weighted by atomic mass is 32.2. The standard InChI is InChI=1S/C20H29N3O3S/c21-20(24)19-6-3-11-23(19)17-9-12-22(13-10-17)27(25,26)18-8-7-15-4-1-2-5-16(15)14-18/h7-8,14,17,19H,1-6,9-13H2,(H2,21,24). The second-order valence-electron chi connectivity index (χ2n) is 8.07. The lowest BCUT2D eigenvalue weighted by atomic mass is 9.92. The van der Waals surface area contributed by atoms with Gasteiger partial charge < -0.3 is 5.73 Å². The summed E-state index contributed by atoms with van der Waals surface area (Å²) in [5.74, 6) is -0.253. The van der Waals surface area contributed by atoms with Gasteiger partial charge in [-0.25, -0.2) is 8.42 Å². The summed E-state index contributed by atoms with van der Waals surface area (Å²) in [6, 6.07) is 5.73. The van der Waals surface area contributed by atoms with Crippen molar-refractivity contribution < 1.29 is 13.2 Å². The number of piperidine rings is 1. The van der Waals surface area contributed by atoms with Gasteiger partial charge in [0, 0.05) is 19.1 Å². The molecular formula is C20H29N3O3S. The molecule has 1 aromatic rings. The lowest BCUT2D eigenvalue weighted by Crippen LogP contribution is -2.51. The largest absolute Gasteiger partial charge is 0.368 e. The van der Waals surface area contributed by atoms with Gasteiger partial charge in [-0.15, -0.1) is 0 Å². The SMILES string of the molecule is NC(=O)C1CCCN1C1CCN(S(=O)(=O)c2ccc3c(c2)CCCC3)CC1. The molecule has 0 saturated carbocycles. The number of aryl methyl sites for hydroxylation is 2. The van der Waals surface area contributed by atoms with Gasteiger partial charge in [-0.2, -0.15) is 4.31 Å². The number of fused-ring (bicyclic) bond motifs is 1. The fourth-order valence-corrected chi connectivity index (χ4v) is 6.49. The van der Waals surface area contributed by atoms with Crippen molar-refractivity contribution in [3.05, 3.63) is 29.3 Å². The molecular weight excluding hydrogens is 362 g/mol. The second kappa shape index (κ2) is 7.53. The highest BCUT2D eigenvalue weighted by Gasteiger charge is 2.38. The Labute approximate surface area is 161 Å². The van der Waals surface area contributed by atoms with E-state index in [4.69, 9.17) is 5.73 Å². The third-order valence-corrected chi connectivity index (χ3v) is 8.37. The predicted octanol–water partition coefficient (Wildman–Crippen LogP) is 1.67. The van der Waals surface area contributed by atoms with Crippen LogP contribution in [0.1, 0.15) is 49.7 Å². The van der Waals surface area contributed by atoms with Crippen LogP contribution in [0.15, 0.2) is 23.1 Å². The molecule has 2 fully saturated rings. The van der Waals surface area contributed by atoms with Crippen molar-refractivity contribution in [2.75, 3.05) is 19.6 Å². The Bertz CT molecular complexity index is 816. The number of rotatable bonds is 4. The smallest absolute Gasteiger partial charge is 0.243 e. The van der Waals surface area contributed by atoms with Crippen molar-refractivity contribution in [2.45, 2.75) is 68.3 Å². The molecule has 0 bridgehead atoms. The normalized spacial score (nSPS) is 25.4. The second-order valence-corrected chi connectivity index (χ2v) is 10.0. The number of likely N-dealkylation sites (tertiary alicyclic amines) is 1. The summed E-state index contributed by atoms with van der Waals surface area (Å²) in [6.07, 6.45) is 7.68. The third kappa shape index (κ3) is 3.65. The Balaban J connectivity index is 1.45. The minimum Gasteiger partial charge on any atom is -0.368 e. The van der Waals surface area contributed by atoms with Crippen LogP contribution in [0.4, 0.5) is 0 Å². The topological polar surface area (TPSA) is 83.7 Å². The first-order valence-corrected chi connectivity index (χ1v) is 11.6. The van der Waals surface area contributed by atoms with Gasteiger partial charge >= 0.3 is 0 Å². The number of benzene rings is 1. The molecule has 2 N–H and O–H groups in total. The van der Waals surface area contributed by atoms with E-state index in [1.165, 1.54) is 17.5 Å². The summed E-state index contributed by atoms with van der Waals surface area (Å²) in [5, 5.41) is 0. The van der Waals surface area contributed by atoms with Crippen LogP contribution in [0.5, 0.6) is 0 Å². The summed E-state index contributed by atoms with van der Waals surface area (Å²) < 4.78 is 27.8. The fraction of sp³-hybridized carbons (Fsp3) is 0.650. The highest BCUT2D eigenvalue weighted by Crippen LogP contribution is 2.30. The molecule has 1 atom stereocenters. The number of carbonyl (C=O) groups is 1. The van der Waals surface area contributed by atoms with Gasteiger partial charge in [-0.3, -0.25) is 9.69 Å². The van der Waals surface area contributed by atoms with Crippen molar-refractivity contribution >= 4 is 15.9 Å². The van der Waals surface area contributed by atoms with E-state index in [9.17, 15) is 13.2 Å². The molecule has 7 heteroatoms. The van der Waals surface area contributed by atoms with E-state index in [2.05, 4.69) is 4.90 Å². The van der Waals surface area contributed by atoms with Gasteiger partial charge in [0.1, 0.15) is 0 Å². The zero-order valence-corrected chi connectivity index (χ0v) is 16.6. The zero-order chi connectivity index (χ0) is 19.0. The van der Waals surface area contributed by atoms with Crippen LogP contribution in [-0.2, 0) is 27.7 Å². The van der Waals surface area contributed by atoms with Gasteiger partial charge in [0.2, 0.25) is 15.9 Å². The van der Waals surface area contributed by atoms with E-state index < -0.39 is 10.0 Å². The van der Waals surface area contributed by atoms with E-state index >= 15 is 0 Å². The van der Waals surface area contributed by atoms with E-state index in [1.54, 1.807) is 10.4 Å². The predicted molar refractivity (Wildman–Crippen MR) is 104 cm³/mol. The monoisotopic (exact) mass is 391 g/mol. The minimum atomic E-state index is -3.45. The number of carbonyl (C=O) groups excluding carboxylic acids is 1. The molecule has 148 valence electrons. The average Bonchev–Trinajstić information content (AvgIpc) is 3.18. The van der Waals surface area contributed by atoms with Crippen LogP contribution in [0.2, 0.25) is 0 Å². The van der Waals surface area contributed by atoms with E-state index in [-0.39, 0.29) is 18.0 Å². The van der Waals surface area contributed by atoms with Crippen LogP contribution in [-0.4, -0.2) is 55.2 Å². The highest BCUT2D eigenvalue weighted by molar-refractivity contribution is 7.89. The average molecular weight is 392 g/mol. The number of sulfonamides is 1. The Kier molecular flexibility index (Phi) is 5.27. The number of primary amides is 1. The van der Waals surface area contributed by atoms with Gasteiger partial charge in [0.15, 0.2) is 0 Å². The van der Waals surface area contributed by atoms with Crippen LogP contribution in [0, 0.1) is 0 Å². The molecule has 0 aromatic heterocycles. The lowest BCUT2D eigenvalue weighted by Gasteiger charge is -2.38. The van der Waals surface area contributed by atoms with Crippen molar-refractivity contribution in [1.29, 1.82) is 0 Å². The van der Waals surface area contributed by atoms with Crippen molar-refractivity contribution in [3.8, 4) is 0 Å². The molecule has 1 aliphatic carbocycles. The third-order valence-electron chi connectivity index (χ3n) is 6.47. The van der Waals surface area contributed by atoms with Crippen LogP contribution < -0.4 is 5.73 Å². The van der Waals surface area contributed by atoms with Crippen LogP contribution >= 0.6 is 0 Å². The Morgan fingerprint density at radius 1 is 0.963 bits per heavy atom. The maximum atomic E-state index is 13.1. The van der Waals surface area contributed by atoms with Crippen molar-refractivity contribution in [3.63, 3.8) is 0 Å². The Hall–Kier alpha value is -1.44. The molecule has 3 aliphatic rings. The van der Waals surface area contributed by atoms with E-state index in [0.717, 1.165) is 51.5 Å². The molecule has 1 aromatic carbocycles. The molecule has 2 aliphatic heterocycles. The molecule has 0 spiro atoms. The fourth-order valence-electron chi connectivity index (χ4n) is 4.97. The Morgan fingerprint density at radius 2 is 1.67 bits per heavy atom. The zero-order valence-electron chi connectivity index (χ0n) is 15.8. The molecule has 1 unspecified atom stereocenters. The van der Waals surface area contributed by atoms with Gasteiger partial charge in [0.05, 0.1) is 10.9 Å². The molecule has 27 heavy (non-hydrogen) atoms. The molecule has 2 heterocycles. The summed E-state index contributed by atoms with van der Waals surface area (Å²) in [7, 11) is -3.45. The van der Waals surface area contributed by atoms with Gasteiger partial charge in [0.25, 0.3) is 0 Å². The maximum absolute atomic E-state index is 13.1. The lowest BCUT2D eigenvalue weighted by molar-refractivity contribution is -0.123. The number of nitrogens with two attached hydrogens (primary N) is 1. The summed E-state index contributed by atoms with van der Waals surface area (Å²) in [5.41, 5.74) is 8.03. The van der Waals surface area contributed by atoms with Gasteiger partial charge in [-0.1, -0.05) is 6.07 Å². The van der Waals surface area contributed by atoms with Crippen molar-refractivity contribution in [2.24, 2.45) is 5.73 Å². The first-order chi connectivity index (χ1) is 13.0. The first kappa shape index (κ1) is 18.9. The molecule has 1 amide bonds. The Morgan fingerprint density at radius 3 is 2.37 bits per heavy atom. The van der Waals surface area contributed by atoms with E-state index in [0.29, 0.717) is 18.0 Å². The molecule has 2 saturated heterocycles. The molecule has 6 nitrogen and oxygen atoms in total. The first-order valence-electron chi connectivity index (χ1n) is 10.1. The van der Waals surface area contributed by atoms with Crippen LogP contribution in [0.3, 0.4) is 0 Å². The van der Waals surface area contributed by atoms with Crippen molar-refractivity contribution in [1.82, 2.24) is 9.21 Å². The number of hydrogen-bond donors (Lipinski definition) is 1. The van der Waals surface area contributed by atoms with Crippen LogP contribution in [0.25, 0.3) is 0 Å².